The first-order valence-electron chi connectivity index (χ1n) is 9.97. The molecule has 3 heteroatoms. The van der Waals surface area contributed by atoms with Crippen molar-refractivity contribution in [3.05, 3.63) is 24.3 Å². The summed E-state index contributed by atoms with van der Waals surface area (Å²) in [6, 6.07) is 0. The lowest BCUT2D eigenvalue weighted by Gasteiger charge is -2.17. The SMILES string of the molecule is CCCCC/C=C/C/C=C/CCCCCCCC(=O)O[Si](C)(C)C. The predicted octanol–water partition coefficient (Wildman–Crippen LogP) is 7.18. The van der Waals surface area contributed by atoms with Gasteiger partial charge in [0.05, 0.1) is 0 Å². The summed E-state index contributed by atoms with van der Waals surface area (Å²) >= 11 is 0. The van der Waals surface area contributed by atoms with Gasteiger partial charge in [-0.1, -0.05) is 63.3 Å². The van der Waals surface area contributed by atoms with E-state index in [9.17, 15) is 4.79 Å². The Balaban J connectivity index is 3.33. The fourth-order valence-electron chi connectivity index (χ4n) is 2.47. The van der Waals surface area contributed by atoms with Gasteiger partial charge >= 0.3 is 0 Å². The molecule has 0 rings (SSSR count). The van der Waals surface area contributed by atoms with E-state index in [2.05, 4.69) is 50.9 Å². The minimum atomic E-state index is -1.69. The fraction of sp³-hybridized carbons (Fsp3) is 0.762. The molecule has 0 aliphatic rings. The van der Waals surface area contributed by atoms with Gasteiger partial charge in [-0.3, -0.25) is 4.79 Å². The molecule has 0 aliphatic heterocycles. The first kappa shape index (κ1) is 23.2. The van der Waals surface area contributed by atoms with Crippen molar-refractivity contribution in [2.24, 2.45) is 0 Å². The van der Waals surface area contributed by atoms with Crippen molar-refractivity contribution in [3.8, 4) is 0 Å². The summed E-state index contributed by atoms with van der Waals surface area (Å²) in [5.74, 6) is -0.000140. The second-order valence-electron chi connectivity index (χ2n) is 7.57. The molecule has 0 saturated heterocycles. The van der Waals surface area contributed by atoms with Gasteiger partial charge in [0, 0.05) is 6.42 Å². The quantitative estimate of drug-likeness (QED) is 0.177. The van der Waals surface area contributed by atoms with Gasteiger partial charge in [0.25, 0.3) is 5.97 Å². The monoisotopic (exact) mass is 352 g/mol. The van der Waals surface area contributed by atoms with Gasteiger partial charge in [-0.05, 0) is 58.2 Å². The number of allylic oxidation sites excluding steroid dienone is 4. The Hall–Kier alpha value is -0.833. The molecule has 0 spiro atoms. The summed E-state index contributed by atoms with van der Waals surface area (Å²) in [4.78, 5) is 11.6. The second kappa shape index (κ2) is 15.7. The van der Waals surface area contributed by atoms with E-state index in [4.69, 9.17) is 4.43 Å². The van der Waals surface area contributed by atoms with Gasteiger partial charge in [-0.25, -0.2) is 0 Å². The van der Waals surface area contributed by atoms with Gasteiger partial charge in [0.15, 0.2) is 0 Å². The number of rotatable bonds is 15. The van der Waals surface area contributed by atoms with E-state index in [1.807, 2.05) is 0 Å². The Morgan fingerprint density at radius 3 is 1.92 bits per heavy atom. The van der Waals surface area contributed by atoms with E-state index in [1.165, 1.54) is 51.4 Å². The molecule has 0 saturated carbocycles. The molecule has 0 aliphatic carbocycles. The lowest BCUT2D eigenvalue weighted by atomic mass is 10.1. The van der Waals surface area contributed by atoms with Crippen LogP contribution in [0.15, 0.2) is 24.3 Å². The molecule has 0 amide bonds. The van der Waals surface area contributed by atoms with E-state index in [0.29, 0.717) is 6.42 Å². The van der Waals surface area contributed by atoms with Crippen LogP contribution in [-0.2, 0) is 9.22 Å². The molecular weight excluding hydrogens is 312 g/mol. The molecule has 0 aromatic rings. The number of carbonyl (C=O) groups is 1. The molecule has 0 aromatic carbocycles. The molecule has 0 bridgehead atoms. The first-order chi connectivity index (χ1) is 11.5. The topological polar surface area (TPSA) is 26.3 Å². The third-order valence-corrected chi connectivity index (χ3v) is 4.59. The Bertz CT molecular complexity index is 353. The standard InChI is InChI=1S/C21H40O2Si/c1-5-6-7-8-9-10-11-12-13-14-15-16-17-18-19-20-21(22)23-24(2,3)4/h9-10,12-13H,5-8,11,14-20H2,1-4H3/b10-9+,13-12+. The van der Waals surface area contributed by atoms with E-state index in [-0.39, 0.29) is 5.97 Å². The fourth-order valence-corrected chi connectivity index (χ4v) is 3.26. The van der Waals surface area contributed by atoms with Gasteiger partial charge < -0.3 is 4.43 Å². The largest absolute Gasteiger partial charge is 0.520 e. The van der Waals surface area contributed by atoms with Crippen molar-refractivity contribution in [3.63, 3.8) is 0 Å². The zero-order chi connectivity index (χ0) is 18.1. The summed E-state index contributed by atoms with van der Waals surface area (Å²) in [5, 5.41) is 0. The Labute approximate surface area is 151 Å². The molecule has 0 radical (unpaired) electrons. The maximum atomic E-state index is 11.6. The van der Waals surface area contributed by atoms with E-state index in [0.717, 1.165) is 19.3 Å². The van der Waals surface area contributed by atoms with Crippen molar-refractivity contribution in [1.82, 2.24) is 0 Å². The molecular formula is C21H40O2Si. The van der Waals surface area contributed by atoms with Crippen LogP contribution in [0.1, 0.15) is 84.0 Å². The third kappa shape index (κ3) is 19.2. The second-order valence-corrected chi connectivity index (χ2v) is 12.0. The number of carbonyl (C=O) groups excluding carboxylic acids is 1. The minimum Gasteiger partial charge on any atom is -0.520 e. The zero-order valence-electron chi connectivity index (χ0n) is 16.6. The average molecular weight is 353 g/mol. The molecule has 0 unspecified atom stereocenters. The van der Waals surface area contributed by atoms with Crippen LogP contribution in [0.4, 0.5) is 0 Å². The lowest BCUT2D eigenvalue weighted by molar-refractivity contribution is -0.135. The Kier molecular flexibility index (Phi) is 15.1. The smallest absolute Gasteiger partial charge is 0.292 e. The van der Waals surface area contributed by atoms with Crippen molar-refractivity contribution in [1.29, 1.82) is 0 Å². The minimum absolute atomic E-state index is 0.000140. The van der Waals surface area contributed by atoms with Crippen LogP contribution in [0, 0.1) is 0 Å². The van der Waals surface area contributed by atoms with Crippen LogP contribution in [0.5, 0.6) is 0 Å². The summed E-state index contributed by atoms with van der Waals surface area (Å²) in [6.07, 6.45) is 23.1. The molecule has 0 atom stereocenters. The molecule has 24 heavy (non-hydrogen) atoms. The summed E-state index contributed by atoms with van der Waals surface area (Å²) in [5.41, 5.74) is 0. The van der Waals surface area contributed by atoms with Gasteiger partial charge in [0.1, 0.15) is 0 Å². The molecule has 0 heterocycles. The molecule has 2 nitrogen and oxygen atoms in total. The van der Waals surface area contributed by atoms with Crippen molar-refractivity contribution in [2.45, 2.75) is 104 Å². The zero-order valence-corrected chi connectivity index (χ0v) is 17.6. The number of unbranched alkanes of at least 4 members (excludes halogenated alkanes) is 8. The average Bonchev–Trinajstić information content (AvgIpc) is 2.49. The van der Waals surface area contributed by atoms with Gasteiger partial charge in [-0.2, -0.15) is 0 Å². The highest BCUT2D eigenvalue weighted by Gasteiger charge is 2.19. The summed E-state index contributed by atoms with van der Waals surface area (Å²) in [7, 11) is -1.69. The molecule has 0 fully saturated rings. The van der Waals surface area contributed by atoms with Crippen LogP contribution in [0.3, 0.4) is 0 Å². The molecule has 0 N–H and O–H groups in total. The molecule has 140 valence electrons. The van der Waals surface area contributed by atoms with Crippen molar-refractivity contribution < 1.29 is 9.22 Å². The van der Waals surface area contributed by atoms with Gasteiger partial charge in [0.2, 0.25) is 8.32 Å². The van der Waals surface area contributed by atoms with Crippen molar-refractivity contribution in [2.75, 3.05) is 0 Å². The Morgan fingerprint density at radius 1 is 0.792 bits per heavy atom. The van der Waals surface area contributed by atoms with Crippen LogP contribution in [0.2, 0.25) is 19.6 Å². The van der Waals surface area contributed by atoms with Gasteiger partial charge in [-0.15, -0.1) is 0 Å². The van der Waals surface area contributed by atoms with Crippen molar-refractivity contribution >= 4 is 14.3 Å². The highest BCUT2D eigenvalue weighted by molar-refractivity contribution is 6.71. The highest BCUT2D eigenvalue weighted by Crippen LogP contribution is 2.10. The lowest BCUT2D eigenvalue weighted by Crippen LogP contribution is -2.28. The van der Waals surface area contributed by atoms with Crippen LogP contribution >= 0.6 is 0 Å². The van der Waals surface area contributed by atoms with E-state index in [1.54, 1.807) is 0 Å². The Morgan fingerprint density at radius 2 is 1.33 bits per heavy atom. The van der Waals surface area contributed by atoms with Crippen LogP contribution in [0.25, 0.3) is 0 Å². The summed E-state index contributed by atoms with van der Waals surface area (Å²) in [6.45, 7) is 8.41. The van der Waals surface area contributed by atoms with Crippen LogP contribution in [-0.4, -0.2) is 14.3 Å². The van der Waals surface area contributed by atoms with E-state index < -0.39 is 8.32 Å². The van der Waals surface area contributed by atoms with E-state index >= 15 is 0 Å². The first-order valence-corrected chi connectivity index (χ1v) is 13.4. The normalized spacial score (nSPS) is 12.3. The maximum absolute atomic E-state index is 11.6. The number of hydrogen-bond acceptors (Lipinski definition) is 2. The third-order valence-electron chi connectivity index (χ3n) is 3.75. The van der Waals surface area contributed by atoms with Crippen LogP contribution < -0.4 is 0 Å². The molecule has 0 aromatic heterocycles. The highest BCUT2D eigenvalue weighted by atomic mass is 28.4. The number of hydrogen-bond donors (Lipinski definition) is 0. The predicted molar refractivity (Wildman–Crippen MR) is 109 cm³/mol. The maximum Gasteiger partial charge on any atom is 0.292 e. The summed E-state index contributed by atoms with van der Waals surface area (Å²) < 4.78 is 5.44.